The Hall–Kier alpha value is -0.700. The maximum absolute atomic E-state index is 3.13. The van der Waals surface area contributed by atoms with Gasteiger partial charge in [0.25, 0.3) is 0 Å². The lowest BCUT2D eigenvalue weighted by Gasteiger charge is -2.31. The first-order chi connectivity index (χ1) is 4.74. The van der Waals surface area contributed by atoms with Crippen molar-refractivity contribution in [1.29, 1.82) is 0 Å². The second-order valence-electron chi connectivity index (χ2n) is 2.72. The molecule has 0 aromatic carbocycles. The maximum Gasteiger partial charge on any atom is 0.0989 e. The van der Waals surface area contributed by atoms with Crippen LogP contribution >= 0.6 is 0 Å². The molecule has 0 spiro atoms. The van der Waals surface area contributed by atoms with E-state index in [9.17, 15) is 0 Å². The molecule has 1 N–H and O–H groups in total. The zero-order valence-electron chi connectivity index (χ0n) is 6.89. The molecule has 58 valence electrons. The Morgan fingerprint density at radius 2 is 2.20 bits per heavy atom. The summed E-state index contributed by atoms with van der Waals surface area (Å²) < 4.78 is 0. The van der Waals surface area contributed by atoms with Crippen LogP contribution in [-0.2, 0) is 0 Å². The molecule has 0 saturated carbocycles. The maximum atomic E-state index is 3.13. The molecule has 0 bridgehead atoms. The Morgan fingerprint density at radius 3 is 2.70 bits per heavy atom. The molecule has 3 nitrogen and oxygen atoms in total. The van der Waals surface area contributed by atoms with Gasteiger partial charge in [-0.25, -0.2) is 0 Å². The first kappa shape index (κ1) is 7.41. The summed E-state index contributed by atoms with van der Waals surface area (Å²) in [6.45, 7) is 2.05. The van der Waals surface area contributed by atoms with E-state index >= 15 is 0 Å². The van der Waals surface area contributed by atoms with Crippen LogP contribution in [-0.4, -0.2) is 44.2 Å². The van der Waals surface area contributed by atoms with Gasteiger partial charge in [-0.3, -0.25) is 4.90 Å². The number of nitrogens with one attached hydrogen (secondary N) is 1. The molecular weight excluding hydrogens is 126 g/mol. The van der Waals surface area contributed by atoms with Crippen LogP contribution in [0.25, 0.3) is 0 Å². The van der Waals surface area contributed by atoms with Crippen molar-refractivity contribution < 1.29 is 0 Å². The molecule has 10 heavy (non-hydrogen) atoms. The molecule has 1 rings (SSSR count). The number of likely N-dealkylation sites (N-methyl/N-ethyl adjacent to an activating group) is 1. The van der Waals surface area contributed by atoms with Gasteiger partial charge in [-0.1, -0.05) is 0 Å². The molecule has 1 heterocycles. The highest BCUT2D eigenvalue weighted by Gasteiger charge is 2.09. The Bertz CT molecular complexity index is 142. The van der Waals surface area contributed by atoms with Crippen LogP contribution in [0, 0.1) is 0 Å². The zero-order valence-corrected chi connectivity index (χ0v) is 6.89. The molecule has 0 fully saturated rings. The second kappa shape index (κ2) is 2.92. The van der Waals surface area contributed by atoms with Crippen molar-refractivity contribution in [3.63, 3.8) is 0 Å². The van der Waals surface area contributed by atoms with Crippen molar-refractivity contribution in [2.75, 3.05) is 34.4 Å². The van der Waals surface area contributed by atoms with E-state index in [0.29, 0.717) is 0 Å². The van der Waals surface area contributed by atoms with E-state index < -0.39 is 0 Å². The van der Waals surface area contributed by atoms with Gasteiger partial charge in [0.1, 0.15) is 0 Å². The lowest BCUT2D eigenvalue weighted by atomic mass is 10.4. The van der Waals surface area contributed by atoms with E-state index in [2.05, 4.69) is 35.3 Å². The minimum absolute atomic E-state index is 1.01. The van der Waals surface area contributed by atoms with Crippen molar-refractivity contribution in [2.24, 2.45) is 0 Å². The number of hydrogen-bond acceptors (Lipinski definition) is 3. The van der Waals surface area contributed by atoms with E-state index in [4.69, 9.17) is 0 Å². The van der Waals surface area contributed by atoms with E-state index in [1.165, 1.54) is 5.82 Å². The van der Waals surface area contributed by atoms with Gasteiger partial charge in [0, 0.05) is 20.6 Å². The van der Waals surface area contributed by atoms with Crippen LogP contribution in [0.4, 0.5) is 0 Å². The molecule has 1 aliphatic rings. The summed E-state index contributed by atoms with van der Waals surface area (Å²) in [5.41, 5.74) is 0. The van der Waals surface area contributed by atoms with Gasteiger partial charge in [0.2, 0.25) is 0 Å². The lowest BCUT2D eigenvalue weighted by molar-refractivity contribution is 0.202. The topological polar surface area (TPSA) is 18.5 Å². The summed E-state index contributed by atoms with van der Waals surface area (Å²) >= 11 is 0. The van der Waals surface area contributed by atoms with Crippen LogP contribution < -0.4 is 5.32 Å². The highest BCUT2D eigenvalue weighted by Crippen LogP contribution is 2.03. The SMILES string of the molecule is CNC1=CCN(C)CN1C. The van der Waals surface area contributed by atoms with E-state index in [-0.39, 0.29) is 0 Å². The molecule has 0 unspecified atom stereocenters. The van der Waals surface area contributed by atoms with Crippen LogP contribution in [0.15, 0.2) is 11.9 Å². The van der Waals surface area contributed by atoms with Gasteiger partial charge in [-0.2, -0.15) is 0 Å². The number of hydrogen-bond donors (Lipinski definition) is 1. The molecule has 0 aromatic heterocycles. The Morgan fingerprint density at radius 1 is 1.50 bits per heavy atom. The normalized spacial score (nSPS) is 20.7. The predicted molar refractivity (Wildman–Crippen MR) is 42.4 cm³/mol. The Balaban J connectivity index is 2.57. The predicted octanol–water partition coefficient (Wildman–Crippen LogP) is -0.118. The van der Waals surface area contributed by atoms with Gasteiger partial charge in [-0.15, -0.1) is 0 Å². The monoisotopic (exact) mass is 141 g/mol. The molecule has 3 heteroatoms. The minimum Gasteiger partial charge on any atom is -0.375 e. The van der Waals surface area contributed by atoms with Crippen molar-refractivity contribution >= 4 is 0 Å². The molecule has 0 atom stereocenters. The standard InChI is InChI=1S/C7H15N3/c1-8-7-4-5-9(2)6-10(7)3/h4,8H,5-6H2,1-3H3. The molecular formula is C7H15N3. The van der Waals surface area contributed by atoms with Gasteiger partial charge >= 0.3 is 0 Å². The average Bonchev–Trinajstić information content (AvgIpc) is 1.88. The Labute approximate surface area is 62.3 Å². The molecule has 0 radical (unpaired) electrons. The summed E-state index contributed by atoms with van der Waals surface area (Å²) in [4.78, 5) is 4.43. The highest BCUT2D eigenvalue weighted by molar-refractivity contribution is 5.01. The second-order valence-corrected chi connectivity index (χ2v) is 2.72. The lowest BCUT2D eigenvalue weighted by Crippen LogP contribution is -2.40. The van der Waals surface area contributed by atoms with Crippen LogP contribution in [0.2, 0.25) is 0 Å². The van der Waals surface area contributed by atoms with E-state index in [1.807, 2.05) is 7.05 Å². The summed E-state index contributed by atoms with van der Waals surface area (Å²) in [5.74, 6) is 1.22. The smallest absolute Gasteiger partial charge is 0.0989 e. The Kier molecular flexibility index (Phi) is 2.17. The van der Waals surface area contributed by atoms with Gasteiger partial charge in [0.05, 0.1) is 12.5 Å². The van der Waals surface area contributed by atoms with Crippen molar-refractivity contribution in [3.05, 3.63) is 11.9 Å². The zero-order chi connectivity index (χ0) is 7.56. The van der Waals surface area contributed by atoms with Gasteiger partial charge in [0.15, 0.2) is 0 Å². The number of rotatable bonds is 1. The molecule has 0 aromatic rings. The van der Waals surface area contributed by atoms with Crippen molar-refractivity contribution in [2.45, 2.75) is 0 Å². The average molecular weight is 141 g/mol. The first-order valence-corrected chi connectivity index (χ1v) is 3.51. The fourth-order valence-electron chi connectivity index (χ4n) is 1.19. The van der Waals surface area contributed by atoms with E-state index in [0.717, 1.165) is 13.2 Å². The third-order valence-electron chi connectivity index (χ3n) is 1.72. The molecule has 0 saturated heterocycles. The first-order valence-electron chi connectivity index (χ1n) is 3.51. The van der Waals surface area contributed by atoms with Crippen molar-refractivity contribution in [3.8, 4) is 0 Å². The summed E-state index contributed by atoms with van der Waals surface area (Å²) in [6.07, 6.45) is 2.18. The highest BCUT2D eigenvalue weighted by atomic mass is 15.3. The minimum atomic E-state index is 1.01. The van der Waals surface area contributed by atoms with Crippen LogP contribution in [0.1, 0.15) is 0 Å². The van der Waals surface area contributed by atoms with Gasteiger partial charge < -0.3 is 10.2 Å². The summed E-state index contributed by atoms with van der Waals surface area (Å²) in [5, 5.41) is 3.13. The van der Waals surface area contributed by atoms with Gasteiger partial charge in [-0.05, 0) is 13.1 Å². The quantitative estimate of drug-likeness (QED) is 0.549. The molecule has 1 aliphatic heterocycles. The third kappa shape index (κ3) is 1.42. The van der Waals surface area contributed by atoms with E-state index in [1.54, 1.807) is 0 Å². The third-order valence-corrected chi connectivity index (χ3v) is 1.72. The van der Waals surface area contributed by atoms with Crippen LogP contribution in [0.5, 0.6) is 0 Å². The van der Waals surface area contributed by atoms with Crippen molar-refractivity contribution in [1.82, 2.24) is 15.1 Å². The van der Waals surface area contributed by atoms with Crippen LogP contribution in [0.3, 0.4) is 0 Å². The largest absolute Gasteiger partial charge is 0.375 e. The molecule has 0 amide bonds. The number of nitrogens with zero attached hydrogens (tertiary/aromatic N) is 2. The fraction of sp³-hybridized carbons (Fsp3) is 0.714. The summed E-state index contributed by atoms with van der Waals surface area (Å²) in [7, 11) is 6.14. The fourth-order valence-corrected chi connectivity index (χ4v) is 1.19. The molecule has 0 aliphatic carbocycles. The summed E-state index contributed by atoms with van der Waals surface area (Å²) in [6, 6.07) is 0.